The summed E-state index contributed by atoms with van der Waals surface area (Å²) in [4.78, 5) is 14.7. The van der Waals surface area contributed by atoms with Crippen LogP contribution in [-0.2, 0) is 11.2 Å². The zero-order valence-corrected chi connectivity index (χ0v) is 16.3. The summed E-state index contributed by atoms with van der Waals surface area (Å²) < 4.78 is 6.18. The molecule has 0 saturated carbocycles. The van der Waals surface area contributed by atoms with Crippen LogP contribution in [0.4, 0.5) is 0 Å². The van der Waals surface area contributed by atoms with Crippen molar-refractivity contribution in [1.82, 2.24) is 4.90 Å². The average molecular weight is 427 g/mol. The van der Waals surface area contributed by atoms with Crippen molar-refractivity contribution in [2.45, 2.75) is 11.8 Å². The Balaban J connectivity index is 1.76. The van der Waals surface area contributed by atoms with Gasteiger partial charge in [-0.1, -0.05) is 29.8 Å². The fraction of sp³-hybridized carbons (Fsp3) is 0.278. The highest BCUT2D eigenvalue weighted by Crippen LogP contribution is 2.40. The van der Waals surface area contributed by atoms with Crippen LogP contribution in [0.15, 0.2) is 46.9 Å². The summed E-state index contributed by atoms with van der Waals surface area (Å²) in [5, 5.41) is 0.732. The van der Waals surface area contributed by atoms with Gasteiger partial charge >= 0.3 is 0 Å². The number of thioether (sulfide) groups is 1. The number of rotatable bonds is 4. The SMILES string of the molecule is COc1ccc(C2SCCN2C(=O)Cc2ccc(Cl)cc2)cc1Br. The average Bonchev–Trinajstić information content (AvgIpc) is 3.06. The van der Waals surface area contributed by atoms with Gasteiger partial charge in [-0.25, -0.2) is 0 Å². The normalized spacial score (nSPS) is 17.1. The first-order chi connectivity index (χ1) is 11.6. The third kappa shape index (κ3) is 3.90. The summed E-state index contributed by atoms with van der Waals surface area (Å²) in [6, 6.07) is 13.4. The number of amides is 1. The number of nitrogens with zero attached hydrogens (tertiary/aromatic N) is 1. The highest BCUT2D eigenvalue weighted by molar-refractivity contribution is 9.10. The van der Waals surface area contributed by atoms with E-state index in [0.29, 0.717) is 11.4 Å². The molecule has 3 nitrogen and oxygen atoms in total. The first-order valence-corrected chi connectivity index (χ1v) is 9.79. The Hall–Kier alpha value is -1.17. The number of halogens is 2. The van der Waals surface area contributed by atoms with Gasteiger partial charge in [-0.15, -0.1) is 11.8 Å². The van der Waals surface area contributed by atoms with Gasteiger partial charge in [0.05, 0.1) is 18.0 Å². The molecular formula is C18H17BrClNO2S. The van der Waals surface area contributed by atoms with Gasteiger partial charge in [0.25, 0.3) is 0 Å². The van der Waals surface area contributed by atoms with Gasteiger partial charge in [-0.2, -0.15) is 0 Å². The molecule has 126 valence electrons. The zero-order chi connectivity index (χ0) is 17.1. The number of ether oxygens (including phenoxy) is 1. The van der Waals surface area contributed by atoms with Crippen molar-refractivity contribution < 1.29 is 9.53 Å². The van der Waals surface area contributed by atoms with E-state index < -0.39 is 0 Å². The maximum Gasteiger partial charge on any atom is 0.228 e. The fourth-order valence-electron chi connectivity index (χ4n) is 2.72. The lowest BCUT2D eigenvalue weighted by molar-refractivity contribution is -0.130. The molecule has 6 heteroatoms. The molecule has 0 radical (unpaired) electrons. The van der Waals surface area contributed by atoms with Crippen molar-refractivity contribution in [1.29, 1.82) is 0 Å². The van der Waals surface area contributed by atoms with E-state index in [1.54, 1.807) is 18.9 Å². The number of benzene rings is 2. The lowest BCUT2D eigenvalue weighted by atomic mass is 10.1. The number of hydrogen-bond acceptors (Lipinski definition) is 3. The first-order valence-electron chi connectivity index (χ1n) is 7.57. The van der Waals surface area contributed by atoms with E-state index in [9.17, 15) is 4.79 Å². The summed E-state index contributed by atoms with van der Waals surface area (Å²) in [6.07, 6.45) is 0.394. The molecule has 1 heterocycles. The molecule has 1 saturated heterocycles. The van der Waals surface area contributed by atoms with Crippen LogP contribution >= 0.6 is 39.3 Å². The molecule has 1 amide bonds. The quantitative estimate of drug-likeness (QED) is 0.694. The minimum absolute atomic E-state index is 0.0482. The molecule has 1 aliphatic heterocycles. The Bertz CT molecular complexity index is 738. The second-order valence-electron chi connectivity index (χ2n) is 5.51. The van der Waals surface area contributed by atoms with Crippen LogP contribution in [-0.4, -0.2) is 30.2 Å². The van der Waals surface area contributed by atoms with Gasteiger partial charge in [0.15, 0.2) is 0 Å². The minimum atomic E-state index is 0.0482. The molecule has 2 aromatic carbocycles. The lowest BCUT2D eigenvalue weighted by Crippen LogP contribution is -2.31. The third-order valence-electron chi connectivity index (χ3n) is 3.94. The van der Waals surface area contributed by atoms with Gasteiger partial charge < -0.3 is 9.64 Å². The minimum Gasteiger partial charge on any atom is -0.496 e. The highest BCUT2D eigenvalue weighted by atomic mass is 79.9. The lowest BCUT2D eigenvalue weighted by Gasteiger charge is -2.24. The Morgan fingerprint density at radius 3 is 2.75 bits per heavy atom. The van der Waals surface area contributed by atoms with Crippen LogP contribution in [0.5, 0.6) is 5.75 Å². The number of hydrogen-bond donors (Lipinski definition) is 0. The van der Waals surface area contributed by atoms with E-state index in [-0.39, 0.29) is 11.3 Å². The summed E-state index contributed by atoms with van der Waals surface area (Å²) >= 11 is 11.2. The first kappa shape index (κ1) is 17.6. The molecule has 0 bridgehead atoms. The van der Waals surface area contributed by atoms with Gasteiger partial charge in [0, 0.05) is 17.3 Å². The van der Waals surface area contributed by atoms with Crippen LogP contribution in [0.2, 0.25) is 5.02 Å². The van der Waals surface area contributed by atoms with Crippen LogP contribution in [0, 0.1) is 0 Å². The third-order valence-corrected chi connectivity index (χ3v) is 6.07. The highest BCUT2D eigenvalue weighted by Gasteiger charge is 2.30. The standard InChI is InChI=1S/C18H17BrClNO2S/c1-23-16-7-4-13(11-15(16)19)18-21(8-9-24-18)17(22)10-12-2-5-14(20)6-3-12/h2-7,11,18H,8-10H2,1H3. The summed E-state index contributed by atoms with van der Waals surface area (Å²) in [7, 11) is 1.64. The van der Waals surface area contributed by atoms with Gasteiger partial charge in [0.1, 0.15) is 11.1 Å². The van der Waals surface area contributed by atoms with E-state index in [1.807, 2.05) is 47.4 Å². The predicted octanol–water partition coefficient (Wildman–Crippen LogP) is 4.93. The molecule has 2 aromatic rings. The van der Waals surface area contributed by atoms with E-state index in [2.05, 4.69) is 15.9 Å². The van der Waals surface area contributed by atoms with Crippen LogP contribution < -0.4 is 4.74 Å². The summed E-state index contributed by atoms with van der Waals surface area (Å²) in [6.45, 7) is 0.769. The molecule has 3 rings (SSSR count). The molecule has 0 spiro atoms. The van der Waals surface area contributed by atoms with E-state index in [0.717, 1.165) is 33.6 Å². The second-order valence-corrected chi connectivity index (χ2v) is 7.99. The Morgan fingerprint density at radius 2 is 2.08 bits per heavy atom. The molecule has 1 unspecified atom stereocenters. The van der Waals surface area contributed by atoms with Gasteiger partial charge in [0.2, 0.25) is 5.91 Å². The van der Waals surface area contributed by atoms with Crippen molar-refractivity contribution in [2.75, 3.05) is 19.4 Å². The van der Waals surface area contributed by atoms with Gasteiger partial charge in [-0.3, -0.25) is 4.79 Å². The van der Waals surface area contributed by atoms with Crippen molar-refractivity contribution in [3.63, 3.8) is 0 Å². The topological polar surface area (TPSA) is 29.5 Å². The van der Waals surface area contributed by atoms with Crippen LogP contribution in [0.1, 0.15) is 16.5 Å². The largest absolute Gasteiger partial charge is 0.496 e. The van der Waals surface area contributed by atoms with Crippen molar-refractivity contribution in [3.8, 4) is 5.75 Å². The fourth-order valence-corrected chi connectivity index (χ4v) is 4.67. The molecule has 0 N–H and O–H groups in total. The second kappa shape index (κ2) is 7.81. The maximum atomic E-state index is 12.7. The number of carbonyl (C=O) groups excluding carboxylic acids is 1. The maximum absolute atomic E-state index is 12.7. The predicted molar refractivity (Wildman–Crippen MR) is 103 cm³/mol. The molecule has 0 aromatic heterocycles. The molecular weight excluding hydrogens is 410 g/mol. The molecule has 1 aliphatic rings. The summed E-state index contributed by atoms with van der Waals surface area (Å²) in [5.74, 6) is 1.88. The van der Waals surface area contributed by atoms with Crippen molar-refractivity contribution in [3.05, 3.63) is 63.1 Å². The van der Waals surface area contributed by atoms with E-state index >= 15 is 0 Å². The Morgan fingerprint density at radius 1 is 1.33 bits per heavy atom. The number of methoxy groups -OCH3 is 1. The molecule has 24 heavy (non-hydrogen) atoms. The van der Waals surface area contributed by atoms with Crippen molar-refractivity contribution >= 4 is 45.2 Å². The van der Waals surface area contributed by atoms with Crippen molar-refractivity contribution in [2.24, 2.45) is 0 Å². The summed E-state index contributed by atoms with van der Waals surface area (Å²) in [5.41, 5.74) is 2.09. The molecule has 0 aliphatic carbocycles. The smallest absolute Gasteiger partial charge is 0.228 e. The van der Waals surface area contributed by atoms with Crippen LogP contribution in [0.3, 0.4) is 0 Å². The van der Waals surface area contributed by atoms with E-state index in [1.165, 1.54) is 0 Å². The molecule has 1 fully saturated rings. The van der Waals surface area contributed by atoms with E-state index in [4.69, 9.17) is 16.3 Å². The van der Waals surface area contributed by atoms with Gasteiger partial charge in [-0.05, 0) is 51.3 Å². The Kier molecular flexibility index (Phi) is 5.74. The van der Waals surface area contributed by atoms with Crippen LogP contribution in [0.25, 0.3) is 0 Å². The zero-order valence-electron chi connectivity index (χ0n) is 13.2. The molecule has 1 atom stereocenters. The monoisotopic (exact) mass is 425 g/mol. The Labute approximate surface area is 159 Å². The number of carbonyl (C=O) groups is 1.